The van der Waals surface area contributed by atoms with Crippen LogP contribution >= 0.6 is 0 Å². The fourth-order valence-electron chi connectivity index (χ4n) is 1.53. The van der Waals surface area contributed by atoms with Crippen molar-refractivity contribution in [1.82, 2.24) is 0 Å². The average molecular weight is 170 g/mol. The van der Waals surface area contributed by atoms with Gasteiger partial charge in [0.15, 0.2) is 0 Å². The van der Waals surface area contributed by atoms with Gasteiger partial charge in [-0.25, -0.2) is 0 Å². The number of rotatable bonds is 1. The van der Waals surface area contributed by atoms with E-state index in [1.54, 1.807) is 0 Å². The van der Waals surface area contributed by atoms with Crippen molar-refractivity contribution in [3.63, 3.8) is 0 Å². The molecule has 0 aromatic rings. The van der Waals surface area contributed by atoms with E-state index < -0.39 is 6.02 Å². The predicted octanol–water partition coefficient (Wildman–Crippen LogP) is 1.00. The number of carbonyl (C=O) groups is 1. The van der Waals surface area contributed by atoms with Crippen LogP contribution in [0, 0.1) is 11.3 Å². The first-order chi connectivity index (χ1) is 5.70. The quantitative estimate of drug-likeness (QED) is 0.350. The summed E-state index contributed by atoms with van der Waals surface area (Å²) in [6.45, 7) is 0. The normalized spacial score (nSPS) is 18.7. The van der Waals surface area contributed by atoms with Gasteiger partial charge in [0.1, 0.15) is 0 Å². The lowest BCUT2D eigenvalue weighted by molar-refractivity contribution is -0.141. The van der Waals surface area contributed by atoms with Gasteiger partial charge in [0.05, 0.1) is 5.92 Å². The highest BCUT2D eigenvalue weighted by atomic mass is 16.5. The second-order valence-corrected chi connectivity index (χ2v) is 3.12. The van der Waals surface area contributed by atoms with E-state index in [0.29, 0.717) is 0 Å². The van der Waals surface area contributed by atoms with Gasteiger partial charge in [0, 0.05) is 0 Å². The van der Waals surface area contributed by atoms with E-state index in [1.807, 2.05) is 0 Å². The Balaban J connectivity index is 2.34. The number of amidine groups is 1. The summed E-state index contributed by atoms with van der Waals surface area (Å²) in [5.41, 5.74) is 4.94. The zero-order valence-electron chi connectivity index (χ0n) is 7.01. The molecule has 0 aromatic carbocycles. The predicted molar refractivity (Wildman–Crippen MR) is 44.6 cm³/mol. The van der Waals surface area contributed by atoms with Crippen molar-refractivity contribution >= 4 is 12.0 Å². The lowest BCUT2D eigenvalue weighted by atomic mass is 9.89. The fourth-order valence-corrected chi connectivity index (χ4v) is 1.53. The molecule has 0 aliphatic heterocycles. The lowest BCUT2D eigenvalue weighted by Gasteiger charge is -2.18. The molecule has 0 saturated heterocycles. The van der Waals surface area contributed by atoms with Crippen molar-refractivity contribution in [2.75, 3.05) is 0 Å². The maximum atomic E-state index is 11.2. The number of esters is 1. The molecule has 1 saturated carbocycles. The number of nitrogens with two attached hydrogens (primary N) is 1. The standard InChI is InChI=1S/C8H14N2O2/c9-8(10)12-7(11)6-4-2-1-3-5-6/h6H,1-5H2,(H3,9,10). The van der Waals surface area contributed by atoms with Crippen molar-refractivity contribution in [2.45, 2.75) is 32.1 Å². The van der Waals surface area contributed by atoms with E-state index in [-0.39, 0.29) is 11.9 Å². The molecular formula is C8H14N2O2. The topological polar surface area (TPSA) is 76.2 Å². The minimum absolute atomic E-state index is 0.0253. The third kappa shape index (κ3) is 2.53. The van der Waals surface area contributed by atoms with Crippen molar-refractivity contribution in [3.8, 4) is 0 Å². The lowest BCUT2D eigenvalue weighted by Crippen LogP contribution is -2.26. The second kappa shape index (κ2) is 4.09. The number of nitrogens with one attached hydrogen (secondary N) is 1. The summed E-state index contributed by atoms with van der Waals surface area (Å²) in [5, 5.41) is 6.78. The molecule has 0 spiro atoms. The molecule has 3 N–H and O–H groups in total. The molecule has 0 aromatic heterocycles. The highest BCUT2D eigenvalue weighted by Crippen LogP contribution is 2.24. The molecule has 0 atom stereocenters. The van der Waals surface area contributed by atoms with E-state index in [1.165, 1.54) is 6.42 Å². The van der Waals surface area contributed by atoms with Gasteiger partial charge in [0.25, 0.3) is 6.02 Å². The third-order valence-corrected chi connectivity index (χ3v) is 2.15. The van der Waals surface area contributed by atoms with E-state index >= 15 is 0 Å². The average Bonchev–Trinajstić information content (AvgIpc) is 2.05. The molecule has 1 aliphatic rings. The molecule has 0 bridgehead atoms. The highest BCUT2D eigenvalue weighted by molar-refractivity contribution is 5.86. The molecule has 0 heterocycles. The molecule has 4 heteroatoms. The van der Waals surface area contributed by atoms with Crippen molar-refractivity contribution in [1.29, 1.82) is 5.41 Å². The number of carbonyl (C=O) groups excluding carboxylic acids is 1. The first-order valence-corrected chi connectivity index (χ1v) is 4.26. The van der Waals surface area contributed by atoms with Crippen LogP contribution in [0.2, 0.25) is 0 Å². The largest absolute Gasteiger partial charge is 0.393 e. The van der Waals surface area contributed by atoms with Crippen LogP contribution in [0.5, 0.6) is 0 Å². The molecular weight excluding hydrogens is 156 g/mol. The Morgan fingerprint density at radius 2 is 1.92 bits per heavy atom. The first-order valence-electron chi connectivity index (χ1n) is 4.26. The molecule has 68 valence electrons. The molecule has 1 fully saturated rings. The third-order valence-electron chi connectivity index (χ3n) is 2.15. The summed E-state index contributed by atoms with van der Waals surface area (Å²) in [5.74, 6) is -0.357. The van der Waals surface area contributed by atoms with Crippen LogP contribution in [0.15, 0.2) is 0 Å². The summed E-state index contributed by atoms with van der Waals surface area (Å²) in [6.07, 6.45) is 5.12. The molecule has 0 radical (unpaired) electrons. The Morgan fingerprint density at radius 3 is 2.42 bits per heavy atom. The Bertz CT molecular complexity index is 185. The van der Waals surface area contributed by atoms with Gasteiger partial charge in [0.2, 0.25) is 0 Å². The Labute approximate surface area is 71.6 Å². The highest BCUT2D eigenvalue weighted by Gasteiger charge is 2.22. The molecule has 4 nitrogen and oxygen atoms in total. The molecule has 0 amide bonds. The van der Waals surface area contributed by atoms with Crippen LogP contribution in [0.1, 0.15) is 32.1 Å². The summed E-state index contributed by atoms with van der Waals surface area (Å²) in [4.78, 5) is 11.2. The van der Waals surface area contributed by atoms with Crippen molar-refractivity contribution in [3.05, 3.63) is 0 Å². The van der Waals surface area contributed by atoms with Gasteiger partial charge in [-0.3, -0.25) is 10.2 Å². The van der Waals surface area contributed by atoms with Gasteiger partial charge < -0.3 is 10.5 Å². The van der Waals surface area contributed by atoms with Crippen LogP contribution in [0.25, 0.3) is 0 Å². The second-order valence-electron chi connectivity index (χ2n) is 3.12. The number of hydrogen-bond acceptors (Lipinski definition) is 3. The molecule has 1 rings (SSSR count). The Hall–Kier alpha value is -1.06. The van der Waals surface area contributed by atoms with Gasteiger partial charge in [-0.1, -0.05) is 19.3 Å². The van der Waals surface area contributed by atoms with E-state index in [9.17, 15) is 4.79 Å². The van der Waals surface area contributed by atoms with Crippen LogP contribution in [0.4, 0.5) is 0 Å². The zero-order valence-corrected chi connectivity index (χ0v) is 7.01. The maximum absolute atomic E-state index is 11.2. The van der Waals surface area contributed by atoms with Gasteiger partial charge in [-0.15, -0.1) is 0 Å². The maximum Gasteiger partial charge on any atom is 0.316 e. The van der Waals surface area contributed by atoms with E-state index in [2.05, 4.69) is 4.74 Å². The van der Waals surface area contributed by atoms with Gasteiger partial charge in [-0.2, -0.15) is 0 Å². The Morgan fingerprint density at radius 1 is 1.33 bits per heavy atom. The van der Waals surface area contributed by atoms with Crippen LogP contribution < -0.4 is 5.73 Å². The smallest absolute Gasteiger partial charge is 0.316 e. The first kappa shape index (κ1) is 9.03. The van der Waals surface area contributed by atoms with Crippen LogP contribution in [0.3, 0.4) is 0 Å². The number of ether oxygens (including phenoxy) is 1. The van der Waals surface area contributed by atoms with E-state index in [4.69, 9.17) is 11.1 Å². The summed E-state index contributed by atoms with van der Waals surface area (Å²) < 4.78 is 4.51. The zero-order chi connectivity index (χ0) is 8.97. The van der Waals surface area contributed by atoms with Crippen LogP contribution in [-0.2, 0) is 9.53 Å². The summed E-state index contributed by atoms with van der Waals surface area (Å²) in [6, 6.07) is -0.495. The SMILES string of the molecule is N=C(N)OC(=O)C1CCCCC1. The van der Waals surface area contributed by atoms with Crippen molar-refractivity contribution < 1.29 is 9.53 Å². The summed E-state index contributed by atoms with van der Waals surface area (Å²) >= 11 is 0. The monoisotopic (exact) mass is 170 g/mol. The van der Waals surface area contributed by atoms with Gasteiger partial charge in [-0.05, 0) is 12.8 Å². The molecule has 0 unspecified atom stereocenters. The summed E-state index contributed by atoms with van der Waals surface area (Å²) in [7, 11) is 0. The fraction of sp³-hybridized carbons (Fsp3) is 0.750. The van der Waals surface area contributed by atoms with E-state index in [0.717, 1.165) is 25.7 Å². The number of hydrogen-bond donors (Lipinski definition) is 2. The van der Waals surface area contributed by atoms with Crippen LogP contribution in [-0.4, -0.2) is 12.0 Å². The Kier molecular flexibility index (Phi) is 3.08. The van der Waals surface area contributed by atoms with Gasteiger partial charge >= 0.3 is 5.97 Å². The van der Waals surface area contributed by atoms with Crippen molar-refractivity contribution in [2.24, 2.45) is 11.7 Å². The molecule has 1 aliphatic carbocycles. The minimum Gasteiger partial charge on any atom is -0.393 e. The molecule has 12 heavy (non-hydrogen) atoms. The minimum atomic E-state index is -0.495.